The van der Waals surface area contributed by atoms with Gasteiger partial charge in [0.15, 0.2) is 0 Å². The number of aromatic nitrogens is 1. The van der Waals surface area contributed by atoms with E-state index >= 15 is 0 Å². The molecule has 1 aromatic rings. The highest BCUT2D eigenvalue weighted by atomic mass is 32.1. The fourth-order valence-electron chi connectivity index (χ4n) is 2.52. The first-order valence-corrected chi connectivity index (χ1v) is 7.89. The van der Waals surface area contributed by atoms with E-state index in [0.717, 1.165) is 31.1 Å². The van der Waals surface area contributed by atoms with Crippen molar-refractivity contribution in [3.8, 4) is 0 Å². The lowest BCUT2D eigenvalue weighted by Crippen LogP contribution is -2.42. The lowest BCUT2D eigenvalue weighted by molar-refractivity contribution is 0.0669. The minimum Gasteiger partial charge on any atom is -0.337 e. The van der Waals surface area contributed by atoms with Gasteiger partial charge in [-0.2, -0.15) is 0 Å². The summed E-state index contributed by atoms with van der Waals surface area (Å²) in [6, 6.07) is 0. The average molecular weight is 281 g/mol. The first-order valence-electron chi connectivity index (χ1n) is 7.01. The summed E-state index contributed by atoms with van der Waals surface area (Å²) in [6.07, 6.45) is 2.30. The maximum atomic E-state index is 12.4. The molecule has 0 aromatic carbocycles. The standard InChI is InChI=1S/C14H23N3OS/c1-10(2)13-16-12(9-19-13)14(18)17-6-4-5-11(8-17)7-15-3/h9-11,15H,4-8H2,1-3H3. The van der Waals surface area contributed by atoms with Gasteiger partial charge in [0.1, 0.15) is 5.69 Å². The molecule has 1 saturated heterocycles. The maximum absolute atomic E-state index is 12.4. The van der Waals surface area contributed by atoms with Gasteiger partial charge >= 0.3 is 0 Å². The van der Waals surface area contributed by atoms with Crippen molar-refractivity contribution in [1.29, 1.82) is 0 Å². The number of piperidine rings is 1. The molecule has 2 rings (SSSR count). The molecule has 1 atom stereocenters. The normalized spacial score (nSPS) is 20.0. The number of carbonyl (C=O) groups is 1. The Balaban J connectivity index is 2.01. The molecule has 0 saturated carbocycles. The number of rotatable bonds is 4. The quantitative estimate of drug-likeness (QED) is 0.921. The van der Waals surface area contributed by atoms with Crippen LogP contribution in [-0.2, 0) is 0 Å². The van der Waals surface area contributed by atoms with Crippen LogP contribution in [0.25, 0.3) is 0 Å². The molecule has 19 heavy (non-hydrogen) atoms. The largest absolute Gasteiger partial charge is 0.337 e. The summed E-state index contributed by atoms with van der Waals surface area (Å²) in [6.45, 7) is 6.92. The van der Waals surface area contributed by atoms with Gasteiger partial charge in [0.25, 0.3) is 5.91 Å². The third kappa shape index (κ3) is 3.54. The van der Waals surface area contributed by atoms with Crippen LogP contribution in [0.2, 0.25) is 0 Å². The van der Waals surface area contributed by atoms with Gasteiger partial charge in [-0.05, 0) is 32.4 Å². The number of hydrogen-bond acceptors (Lipinski definition) is 4. The summed E-state index contributed by atoms with van der Waals surface area (Å²) in [5.74, 6) is 1.07. The van der Waals surface area contributed by atoms with Crippen LogP contribution >= 0.6 is 11.3 Å². The van der Waals surface area contributed by atoms with E-state index in [0.29, 0.717) is 17.5 Å². The topological polar surface area (TPSA) is 45.2 Å². The fraction of sp³-hybridized carbons (Fsp3) is 0.714. The summed E-state index contributed by atoms with van der Waals surface area (Å²) in [4.78, 5) is 18.9. The molecule has 0 radical (unpaired) electrons. The predicted molar refractivity (Wildman–Crippen MR) is 78.8 cm³/mol. The van der Waals surface area contributed by atoms with E-state index in [1.807, 2.05) is 17.3 Å². The van der Waals surface area contributed by atoms with Crippen molar-refractivity contribution in [3.05, 3.63) is 16.1 Å². The van der Waals surface area contributed by atoms with Gasteiger partial charge in [-0.25, -0.2) is 4.98 Å². The number of nitrogens with zero attached hydrogens (tertiary/aromatic N) is 2. The van der Waals surface area contributed by atoms with Gasteiger partial charge in [-0.15, -0.1) is 11.3 Å². The van der Waals surface area contributed by atoms with E-state index in [-0.39, 0.29) is 5.91 Å². The Morgan fingerprint density at radius 1 is 1.63 bits per heavy atom. The molecule has 0 bridgehead atoms. The van der Waals surface area contributed by atoms with Gasteiger partial charge in [-0.3, -0.25) is 4.79 Å². The molecule has 1 aromatic heterocycles. The fourth-order valence-corrected chi connectivity index (χ4v) is 3.33. The molecular formula is C14H23N3OS. The minimum absolute atomic E-state index is 0.101. The summed E-state index contributed by atoms with van der Waals surface area (Å²) < 4.78 is 0. The lowest BCUT2D eigenvalue weighted by Gasteiger charge is -2.32. The molecule has 2 heterocycles. The van der Waals surface area contributed by atoms with Crippen LogP contribution < -0.4 is 5.32 Å². The monoisotopic (exact) mass is 281 g/mol. The zero-order valence-corrected chi connectivity index (χ0v) is 12.8. The second kappa shape index (κ2) is 6.48. The molecule has 1 amide bonds. The number of carbonyl (C=O) groups excluding carboxylic acids is 1. The van der Waals surface area contributed by atoms with Crippen molar-refractivity contribution < 1.29 is 4.79 Å². The van der Waals surface area contributed by atoms with E-state index < -0.39 is 0 Å². The van der Waals surface area contributed by atoms with Crippen LogP contribution in [0.15, 0.2) is 5.38 Å². The van der Waals surface area contributed by atoms with Gasteiger partial charge in [0.05, 0.1) is 5.01 Å². The highest BCUT2D eigenvalue weighted by Gasteiger charge is 2.25. The summed E-state index contributed by atoms with van der Waals surface area (Å²) in [7, 11) is 1.97. The van der Waals surface area contributed by atoms with Gasteiger partial charge in [-0.1, -0.05) is 13.8 Å². The Bertz CT molecular complexity index is 428. The van der Waals surface area contributed by atoms with Crippen LogP contribution in [0.3, 0.4) is 0 Å². The van der Waals surface area contributed by atoms with Crippen molar-refractivity contribution in [3.63, 3.8) is 0 Å². The van der Waals surface area contributed by atoms with E-state index in [4.69, 9.17) is 0 Å². The molecule has 106 valence electrons. The first kappa shape index (κ1) is 14.5. The Morgan fingerprint density at radius 3 is 3.05 bits per heavy atom. The van der Waals surface area contributed by atoms with Crippen molar-refractivity contribution in [1.82, 2.24) is 15.2 Å². The molecule has 0 aliphatic carbocycles. The Morgan fingerprint density at radius 2 is 2.42 bits per heavy atom. The van der Waals surface area contributed by atoms with Crippen LogP contribution in [-0.4, -0.2) is 42.5 Å². The van der Waals surface area contributed by atoms with Crippen molar-refractivity contribution in [2.24, 2.45) is 5.92 Å². The number of thiazole rings is 1. The molecule has 1 aliphatic heterocycles. The number of nitrogens with one attached hydrogen (secondary N) is 1. The molecule has 0 spiro atoms. The summed E-state index contributed by atoms with van der Waals surface area (Å²) in [5, 5.41) is 6.15. The summed E-state index contributed by atoms with van der Waals surface area (Å²) >= 11 is 1.59. The predicted octanol–water partition coefficient (Wildman–Crippen LogP) is 2.34. The van der Waals surface area contributed by atoms with Crippen LogP contribution in [0.5, 0.6) is 0 Å². The molecule has 5 heteroatoms. The van der Waals surface area contributed by atoms with Gasteiger partial charge in [0, 0.05) is 24.4 Å². The highest BCUT2D eigenvalue weighted by Crippen LogP contribution is 2.22. The van der Waals surface area contributed by atoms with Gasteiger partial charge in [0.2, 0.25) is 0 Å². The molecular weight excluding hydrogens is 258 g/mol. The molecule has 1 fully saturated rings. The van der Waals surface area contributed by atoms with Crippen LogP contribution in [0.4, 0.5) is 0 Å². The smallest absolute Gasteiger partial charge is 0.273 e. The van der Waals surface area contributed by atoms with Crippen molar-refractivity contribution in [2.45, 2.75) is 32.6 Å². The SMILES string of the molecule is CNCC1CCCN(C(=O)c2csc(C(C)C)n2)C1. The van der Waals surface area contributed by atoms with Crippen LogP contribution in [0, 0.1) is 5.92 Å². The van der Waals surface area contributed by atoms with E-state index in [1.165, 1.54) is 6.42 Å². The number of hydrogen-bond donors (Lipinski definition) is 1. The molecule has 1 aliphatic rings. The highest BCUT2D eigenvalue weighted by molar-refractivity contribution is 7.09. The maximum Gasteiger partial charge on any atom is 0.273 e. The Kier molecular flexibility index (Phi) is 4.93. The van der Waals surface area contributed by atoms with Crippen LogP contribution in [0.1, 0.15) is 48.1 Å². The zero-order valence-electron chi connectivity index (χ0n) is 12.0. The summed E-state index contributed by atoms with van der Waals surface area (Å²) in [5.41, 5.74) is 0.624. The third-order valence-electron chi connectivity index (χ3n) is 3.53. The number of likely N-dealkylation sites (tertiary alicyclic amines) is 1. The Hall–Kier alpha value is -0.940. The Labute approximate surface area is 119 Å². The lowest BCUT2D eigenvalue weighted by atomic mass is 9.98. The second-order valence-electron chi connectivity index (χ2n) is 5.54. The number of amides is 1. The third-order valence-corrected chi connectivity index (χ3v) is 4.68. The molecule has 1 N–H and O–H groups in total. The molecule has 1 unspecified atom stereocenters. The van der Waals surface area contributed by atoms with E-state index in [1.54, 1.807) is 11.3 Å². The molecule has 4 nitrogen and oxygen atoms in total. The second-order valence-corrected chi connectivity index (χ2v) is 6.43. The van der Waals surface area contributed by atoms with Crippen molar-refractivity contribution in [2.75, 3.05) is 26.7 Å². The average Bonchev–Trinajstić information content (AvgIpc) is 2.88. The minimum atomic E-state index is 0.101. The van der Waals surface area contributed by atoms with Gasteiger partial charge < -0.3 is 10.2 Å². The van der Waals surface area contributed by atoms with Crippen molar-refractivity contribution >= 4 is 17.2 Å². The van der Waals surface area contributed by atoms with E-state index in [9.17, 15) is 4.79 Å². The first-order chi connectivity index (χ1) is 9.11. The van der Waals surface area contributed by atoms with E-state index in [2.05, 4.69) is 24.1 Å². The zero-order chi connectivity index (χ0) is 13.8.